The van der Waals surface area contributed by atoms with Gasteiger partial charge in [-0.3, -0.25) is 4.79 Å². The number of ether oxygens (including phenoxy) is 1. The zero-order valence-corrected chi connectivity index (χ0v) is 22.1. The quantitative estimate of drug-likeness (QED) is 0.357. The topological polar surface area (TPSA) is 90.0 Å². The van der Waals surface area contributed by atoms with E-state index >= 15 is 0 Å². The third-order valence-corrected chi connectivity index (χ3v) is 8.28. The van der Waals surface area contributed by atoms with Gasteiger partial charge in [-0.1, -0.05) is 11.9 Å². The highest BCUT2D eigenvalue weighted by molar-refractivity contribution is 8.00. The van der Waals surface area contributed by atoms with Gasteiger partial charge in [0.05, 0.1) is 30.6 Å². The van der Waals surface area contributed by atoms with Crippen LogP contribution in [0.2, 0.25) is 0 Å². The lowest BCUT2D eigenvalue weighted by Crippen LogP contribution is -2.41. The van der Waals surface area contributed by atoms with Gasteiger partial charge in [-0.2, -0.15) is 0 Å². The summed E-state index contributed by atoms with van der Waals surface area (Å²) in [5.74, 6) is 1.89. The summed E-state index contributed by atoms with van der Waals surface area (Å²) in [4.78, 5) is 22.9. The molecular formula is C27H37N5O3S. The number of aliphatic hydroxyl groups is 1. The van der Waals surface area contributed by atoms with Gasteiger partial charge < -0.3 is 29.7 Å². The molecule has 1 amide bonds. The summed E-state index contributed by atoms with van der Waals surface area (Å²) in [6.45, 7) is 8.40. The van der Waals surface area contributed by atoms with Crippen LogP contribution in [-0.2, 0) is 4.74 Å². The second-order valence-corrected chi connectivity index (χ2v) is 11.3. The first-order valence-electron chi connectivity index (χ1n) is 13.0. The fourth-order valence-corrected chi connectivity index (χ4v) is 5.70. The predicted octanol–water partition coefficient (Wildman–Crippen LogP) is 4.30. The first kappa shape index (κ1) is 25.2. The maximum atomic E-state index is 13.6. The number of aromatic nitrogens is 1. The van der Waals surface area contributed by atoms with Gasteiger partial charge in [0.2, 0.25) is 0 Å². The standard InChI is InChI=1S/C27H37N5O3S/c1-19-15-24(28-25(16-19)32-11-13-35-20(2)18-32)29-26(34)22-4-3-21(30-36-14-12-33)17-23(22)31-9-7-27(5-6-27)8-10-31/h3-4,15-17,20,30,33H,5-14,18H2,1-2H3,(H,28,29,34). The van der Waals surface area contributed by atoms with E-state index < -0.39 is 0 Å². The number of aryl methyl sites for hydroxylation is 1. The summed E-state index contributed by atoms with van der Waals surface area (Å²) in [5.41, 5.74) is 4.16. The van der Waals surface area contributed by atoms with E-state index in [4.69, 9.17) is 14.8 Å². The van der Waals surface area contributed by atoms with E-state index in [1.165, 1.54) is 37.6 Å². The third kappa shape index (κ3) is 5.90. The second kappa shape index (κ2) is 10.9. The minimum Gasteiger partial charge on any atom is -0.395 e. The van der Waals surface area contributed by atoms with E-state index in [2.05, 4.69) is 38.9 Å². The molecule has 1 aromatic heterocycles. The lowest BCUT2D eigenvalue weighted by molar-refractivity contribution is 0.0529. The van der Waals surface area contributed by atoms with Crippen LogP contribution in [-0.4, -0.2) is 67.2 Å². The number of hydrogen-bond donors (Lipinski definition) is 3. The molecule has 3 heterocycles. The van der Waals surface area contributed by atoms with Crippen molar-refractivity contribution < 1.29 is 14.6 Å². The summed E-state index contributed by atoms with van der Waals surface area (Å²) in [5, 5.41) is 12.2. The SMILES string of the molecule is Cc1cc(NC(=O)c2ccc(NSCCO)cc2N2CCC3(CC2)CC3)nc(N2CCOC(C)C2)c1. The number of benzene rings is 1. The molecule has 1 unspecified atom stereocenters. The Morgan fingerprint density at radius 3 is 2.69 bits per heavy atom. The molecule has 3 aliphatic rings. The smallest absolute Gasteiger partial charge is 0.258 e. The van der Waals surface area contributed by atoms with Gasteiger partial charge in [-0.05, 0) is 80.8 Å². The average Bonchev–Trinajstić information content (AvgIpc) is 3.63. The van der Waals surface area contributed by atoms with Crippen LogP contribution >= 0.6 is 11.9 Å². The maximum Gasteiger partial charge on any atom is 0.258 e. The molecule has 194 valence electrons. The lowest BCUT2D eigenvalue weighted by atomic mass is 9.93. The fraction of sp³-hybridized carbons (Fsp3) is 0.556. The summed E-state index contributed by atoms with van der Waals surface area (Å²) < 4.78 is 8.97. The fourth-order valence-electron chi connectivity index (χ4n) is 5.21. The molecule has 1 atom stereocenters. The first-order valence-corrected chi connectivity index (χ1v) is 14.0. The van der Waals surface area contributed by atoms with Crippen molar-refractivity contribution in [3.8, 4) is 0 Å². The number of carbonyl (C=O) groups excluding carboxylic acids is 1. The first-order chi connectivity index (χ1) is 17.4. The molecule has 3 fully saturated rings. The van der Waals surface area contributed by atoms with Gasteiger partial charge in [-0.15, -0.1) is 0 Å². The summed E-state index contributed by atoms with van der Waals surface area (Å²) >= 11 is 1.46. The van der Waals surface area contributed by atoms with Crippen LogP contribution in [0.3, 0.4) is 0 Å². The molecule has 3 N–H and O–H groups in total. The molecule has 2 aromatic rings. The Morgan fingerprint density at radius 1 is 1.17 bits per heavy atom. The Balaban J connectivity index is 1.36. The van der Waals surface area contributed by atoms with E-state index in [-0.39, 0.29) is 18.6 Å². The summed E-state index contributed by atoms with van der Waals surface area (Å²) in [6.07, 6.45) is 5.22. The minimum atomic E-state index is -0.148. The van der Waals surface area contributed by atoms with Crippen molar-refractivity contribution in [1.29, 1.82) is 0 Å². The Kier molecular flexibility index (Phi) is 7.60. The number of rotatable bonds is 8. The van der Waals surface area contributed by atoms with E-state index in [0.29, 0.717) is 29.2 Å². The molecule has 1 spiro atoms. The highest BCUT2D eigenvalue weighted by Gasteiger charge is 2.44. The number of anilines is 4. The molecule has 36 heavy (non-hydrogen) atoms. The largest absolute Gasteiger partial charge is 0.395 e. The van der Waals surface area contributed by atoms with Crippen LogP contribution in [0.4, 0.5) is 23.0 Å². The monoisotopic (exact) mass is 511 g/mol. The van der Waals surface area contributed by atoms with E-state index in [1.54, 1.807) is 0 Å². The van der Waals surface area contributed by atoms with Crippen molar-refractivity contribution in [2.45, 2.75) is 45.6 Å². The minimum absolute atomic E-state index is 0.119. The molecule has 0 radical (unpaired) electrons. The van der Waals surface area contributed by atoms with Gasteiger partial charge in [-0.25, -0.2) is 4.98 Å². The van der Waals surface area contributed by atoms with Crippen molar-refractivity contribution in [3.05, 3.63) is 41.5 Å². The summed E-state index contributed by atoms with van der Waals surface area (Å²) in [7, 11) is 0. The molecule has 2 saturated heterocycles. The number of pyridine rings is 1. The van der Waals surface area contributed by atoms with Crippen molar-refractivity contribution in [1.82, 2.24) is 4.98 Å². The number of hydrogen-bond acceptors (Lipinski definition) is 8. The lowest BCUT2D eigenvalue weighted by Gasteiger charge is -2.35. The van der Waals surface area contributed by atoms with Crippen LogP contribution in [0.15, 0.2) is 30.3 Å². The Labute approximate surface area is 217 Å². The van der Waals surface area contributed by atoms with E-state index in [9.17, 15) is 4.79 Å². The van der Waals surface area contributed by atoms with Gasteiger partial charge in [0.1, 0.15) is 11.6 Å². The zero-order chi connectivity index (χ0) is 25.1. The van der Waals surface area contributed by atoms with Crippen LogP contribution in [0.1, 0.15) is 48.5 Å². The third-order valence-electron chi connectivity index (χ3n) is 7.51. The van der Waals surface area contributed by atoms with E-state index in [1.807, 2.05) is 25.1 Å². The van der Waals surface area contributed by atoms with Crippen LogP contribution < -0.4 is 19.8 Å². The number of morpholine rings is 1. The van der Waals surface area contributed by atoms with Gasteiger partial charge in [0, 0.05) is 37.6 Å². The molecule has 1 aromatic carbocycles. The number of nitrogens with one attached hydrogen (secondary N) is 2. The Hall–Kier alpha value is -2.49. The number of piperidine rings is 1. The second-order valence-electron chi connectivity index (χ2n) is 10.4. The highest BCUT2D eigenvalue weighted by atomic mass is 32.2. The van der Waals surface area contributed by atoms with Gasteiger partial charge in [0.25, 0.3) is 5.91 Å². The van der Waals surface area contributed by atoms with Crippen molar-refractivity contribution in [2.24, 2.45) is 5.41 Å². The molecular weight excluding hydrogens is 474 g/mol. The summed E-state index contributed by atoms with van der Waals surface area (Å²) in [6, 6.07) is 9.87. The molecule has 0 bridgehead atoms. The number of carbonyl (C=O) groups is 1. The number of aliphatic hydroxyl groups excluding tert-OH is 1. The van der Waals surface area contributed by atoms with Crippen molar-refractivity contribution >= 4 is 40.9 Å². The number of nitrogens with zero attached hydrogens (tertiary/aromatic N) is 3. The molecule has 5 rings (SSSR count). The Bertz CT molecular complexity index is 1080. The molecule has 8 nitrogen and oxygen atoms in total. The van der Waals surface area contributed by atoms with Crippen molar-refractivity contribution in [2.75, 3.05) is 65.0 Å². The molecule has 1 saturated carbocycles. The predicted molar refractivity (Wildman–Crippen MR) is 147 cm³/mol. The van der Waals surface area contributed by atoms with Crippen LogP contribution in [0, 0.1) is 12.3 Å². The zero-order valence-electron chi connectivity index (χ0n) is 21.3. The van der Waals surface area contributed by atoms with E-state index in [0.717, 1.165) is 48.9 Å². The molecule has 1 aliphatic carbocycles. The highest BCUT2D eigenvalue weighted by Crippen LogP contribution is 2.54. The average molecular weight is 512 g/mol. The van der Waals surface area contributed by atoms with Gasteiger partial charge in [0.15, 0.2) is 0 Å². The number of amides is 1. The Morgan fingerprint density at radius 2 is 1.97 bits per heavy atom. The maximum absolute atomic E-state index is 13.6. The molecule has 9 heteroatoms. The van der Waals surface area contributed by atoms with Crippen LogP contribution in [0.25, 0.3) is 0 Å². The van der Waals surface area contributed by atoms with Crippen LogP contribution in [0.5, 0.6) is 0 Å². The molecule has 2 aliphatic heterocycles. The van der Waals surface area contributed by atoms with Crippen molar-refractivity contribution in [3.63, 3.8) is 0 Å². The normalized spacial score (nSPS) is 20.9. The van der Waals surface area contributed by atoms with Gasteiger partial charge >= 0.3 is 0 Å².